The van der Waals surface area contributed by atoms with Crippen LogP contribution in [-0.2, 0) is 29.1 Å². The van der Waals surface area contributed by atoms with Crippen LogP contribution in [0.15, 0.2) is 42.7 Å². The molecule has 1 amide bonds. The Hall–Kier alpha value is -3.22. The zero-order valence-electron chi connectivity index (χ0n) is 16.3. The number of carbonyl (C=O) groups excluding carboxylic acids is 1. The van der Waals surface area contributed by atoms with Crippen molar-refractivity contribution in [1.29, 1.82) is 0 Å². The number of rotatable bonds is 7. The van der Waals surface area contributed by atoms with E-state index in [1.54, 1.807) is 12.4 Å². The van der Waals surface area contributed by atoms with E-state index in [2.05, 4.69) is 20.6 Å². The molecule has 4 rings (SSSR count). The number of fused-ring (bicyclic) bond motifs is 3. The molecule has 0 aromatic carbocycles. The van der Waals surface area contributed by atoms with Crippen LogP contribution in [0.3, 0.4) is 0 Å². The number of carboxylic acid groups (broad SMARTS) is 1. The average Bonchev–Trinajstić information content (AvgIpc) is 3.05. The summed E-state index contributed by atoms with van der Waals surface area (Å²) >= 11 is 0. The molecule has 0 spiro atoms. The van der Waals surface area contributed by atoms with Gasteiger partial charge in [-0.2, -0.15) is 0 Å². The van der Waals surface area contributed by atoms with Crippen molar-refractivity contribution < 1.29 is 14.7 Å². The van der Waals surface area contributed by atoms with Crippen molar-refractivity contribution in [3.8, 4) is 0 Å². The molecular weight excluding hydrogens is 368 g/mol. The molecule has 4 heterocycles. The van der Waals surface area contributed by atoms with Crippen LogP contribution in [0.2, 0.25) is 0 Å². The molecule has 29 heavy (non-hydrogen) atoms. The van der Waals surface area contributed by atoms with Crippen LogP contribution < -0.4 is 0 Å². The lowest BCUT2D eigenvalue weighted by Crippen LogP contribution is -2.36. The molecule has 0 unspecified atom stereocenters. The van der Waals surface area contributed by atoms with Gasteiger partial charge in [-0.25, -0.2) is 4.98 Å². The molecule has 7 nitrogen and oxygen atoms in total. The Morgan fingerprint density at radius 1 is 1.03 bits per heavy atom. The fraction of sp³-hybridized carbons (Fsp3) is 0.364. The molecule has 0 atom stereocenters. The fourth-order valence-electron chi connectivity index (χ4n) is 4.01. The molecular formula is C22H24N4O3. The predicted octanol–water partition coefficient (Wildman–Crippen LogP) is 3.01. The smallest absolute Gasteiger partial charge is 0.303 e. The van der Waals surface area contributed by atoms with Gasteiger partial charge in [0, 0.05) is 42.9 Å². The summed E-state index contributed by atoms with van der Waals surface area (Å²) in [5, 5.41) is 9.89. The van der Waals surface area contributed by atoms with E-state index in [0.717, 1.165) is 28.8 Å². The van der Waals surface area contributed by atoms with E-state index in [1.807, 2.05) is 29.2 Å². The predicted molar refractivity (Wildman–Crippen MR) is 108 cm³/mol. The minimum absolute atomic E-state index is 0.0867. The molecule has 1 aliphatic rings. The highest BCUT2D eigenvalue weighted by Gasteiger charge is 2.27. The second-order valence-electron chi connectivity index (χ2n) is 7.37. The molecule has 0 saturated carbocycles. The van der Waals surface area contributed by atoms with E-state index < -0.39 is 5.97 Å². The van der Waals surface area contributed by atoms with Gasteiger partial charge < -0.3 is 14.6 Å². The van der Waals surface area contributed by atoms with Gasteiger partial charge in [0.15, 0.2) is 0 Å². The zero-order chi connectivity index (χ0) is 20.2. The van der Waals surface area contributed by atoms with Crippen LogP contribution in [0.1, 0.15) is 42.6 Å². The first-order chi connectivity index (χ1) is 14.1. The summed E-state index contributed by atoms with van der Waals surface area (Å²) < 4.78 is 2.18. The normalized spacial score (nSPS) is 13.4. The molecule has 3 aromatic heterocycles. The van der Waals surface area contributed by atoms with Crippen LogP contribution in [0.5, 0.6) is 0 Å². The van der Waals surface area contributed by atoms with Gasteiger partial charge in [-0.15, -0.1) is 0 Å². The van der Waals surface area contributed by atoms with Crippen molar-refractivity contribution >= 4 is 22.9 Å². The van der Waals surface area contributed by atoms with Crippen molar-refractivity contribution in [2.75, 3.05) is 6.54 Å². The van der Waals surface area contributed by atoms with E-state index in [1.165, 1.54) is 5.56 Å². The Morgan fingerprint density at radius 2 is 1.86 bits per heavy atom. The second kappa shape index (κ2) is 8.43. The van der Waals surface area contributed by atoms with Gasteiger partial charge in [0.1, 0.15) is 5.65 Å². The number of carboxylic acids is 1. The molecule has 0 aliphatic carbocycles. The summed E-state index contributed by atoms with van der Waals surface area (Å²) in [4.78, 5) is 34.3. The molecule has 0 saturated heterocycles. The summed E-state index contributed by atoms with van der Waals surface area (Å²) in [7, 11) is 0. The maximum Gasteiger partial charge on any atom is 0.303 e. The number of pyridine rings is 2. The van der Waals surface area contributed by atoms with Crippen LogP contribution >= 0.6 is 0 Å². The van der Waals surface area contributed by atoms with Gasteiger partial charge in [0.2, 0.25) is 5.91 Å². The average molecular weight is 392 g/mol. The summed E-state index contributed by atoms with van der Waals surface area (Å²) in [6.45, 7) is 1.85. The first-order valence-electron chi connectivity index (χ1n) is 9.98. The zero-order valence-corrected chi connectivity index (χ0v) is 16.3. The van der Waals surface area contributed by atoms with Crippen LogP contribution in [0.25, 0.3) is 11.0 Å². The summed E-state index contributed by atoms with van der Waals surface area (Å²) in [6.07, 6.45) is 6.02. The lowest BCUT2D eigenvalue weighted by Gasteiger charge is -2.28. The third-order valence-corrected chi connectivity index (χ3v) is 5.44. The molecule has 0 bridgehead atoms. The lowest BCUT2D eigenvalue weighted by molar-refractivity contribution is -0.137. The third kappa shape index (κ3) is 4.13. The molecule has 1 aliphatic heterocycles. The number of aromatic nitrogens is 3. The van der Waals surface area contributed by atoms with Crippen molar-refractivity contribution in [2.45, 2.75) is 45.2 Å². The maximum absolute atomic E-state index is 12.7. The Labute approximate surface area is 169 Å². The lowest BCUT2D eigenvalue weighted by atomic mass is 10.0. The summed E-state index contributed by atoms with van der Waals surface area (Å²) in [6, 6.07) is 9.92. The van der Waals surface area contributed by atoms with Crippen LogP contribution in [-0.4, -0.2) is 43.0 Å². The number of aliphatic carboxylic acids is 1. The number of hydrogen-bond acceptors (Lipinski definition) is 4. The Balaban J connectivity index is 1.56. The second-order valence-corrected chi connectivity index (χ2v) is 7.37. The minimum Gasteiger partial charge on any atom is -0.481 e. The van der Waals surface area contributed by atoms with Gasteiger partial charge in [-0.05, 0) is 49.1 Å². The van der Waals surface area contributed by atoms with Crippen molar-refractivity contribution in [2.24, 2.45) is 0 Å². The number of unbranched alkanes of at least 4 members (excludes halogenated alkanes) is 1. The van der Waals surface area contributed by atoms with Crippen LogP contribution in [0.4, 0.5) is 0 Å². The van der Waals surface area contributed by atoms with E-state index >= 15 is 0 Å². The van der Waals surface area contributed by atoms with Gasteiger partial charge in [-0.1, -0.05) is 6.07 Å². The molecule has 150 valence electrons. The third-order valence-electron chi connectivity index (χ3n) is 5.44. The summed E-state index contributed by atoms with van der Waals surface area (Å²) in [5.41, 5.74) is 4.27. The van der Waals surface area contributed by atoms with Gasteiger partial charge in [0.05, 0.1) is 18.8 Å². The molecule has 3 aromatic rings. The quantitative estimate of drug-likeness (QED) is 0.625. The van der Waals surface area contributed by atoms with E-state index in [9.17, 15) is 9.59 Å². The van der Waals surface area contributed by atoms with E-state index in [0.29, 0.717) is 38.9 Å². The monoisotopic (exact) mass is 392 g/mol. The maximum atomic E-state index is 12.7. The first-order valence-corrected chi connectivity index (χ1v) is 9.98. The van der Waals surface area contributed by atoms with Gasteiger partial charge in [0.25, 0.3) is 0 Å². The highest BCUT2D eigenvalue weighted by Crippen LogP contribution is 2.30. The largest absolute Gasteiger partial charge is 0.481 e. The molecule has 0 fully saturated rings. The molecule has 7 heteroatoms. The first kappa shape index (κ1) is 19.1. The SMILES string of the molecule is O=C(O)CCCCC(=O)N1CCc2c(n(Cc3ccccn3)c3ncccc23)C1. The van der Waals surface area contributed by atoms with Gasteiger partial charge >= 0.3 is 5.97 Å². The van der Waals surface area contributed by atoms with E-state index in [4.69, 9.17) is 5.11 Å². The van der Waals surface area contributed by atoms with Crippen LogP contribution in [0, 0.1) is 0 Å². The topological polar surface area (TPSA) is 88.3 Å². The Bertz CT molecular complexity index is 1030. The standard InChI is InChI=1S/C22H24N4O3/c27-20(8-1-2-9-21(28)29)25-13-10-17-18-7-5-12-24-22(18)26(19(17)15-25)14-16-6-3-4-11-23-16/h3-7,11-12H,1-2,8-10,13-15H2,(H,28,29). The van der Waals surface area contributed by atoms with E-state index in [-0.39, 0.29) is 12.3 Å². The molecule has 1 N–H and O–H groups in total. The number of hydrogen-bond donors (Lipinski definition) is 1. The van der Waals surface area contributed by atoms with Gasteiger partial charge in [-0.3, -0.25) is 14.6 Å². The Kier molecular flexibility index (Phi) is 5.55. The fourth-order valence-corrected chi connectivity index (χ4v) is 4.01. The molecule has 0 radical (unpaired) electrons. The van der Waals surface area contributed by atoms with Crippen molar-refractivity contribution in [1.82, 2.24) is 19.4 Å². The number of amides is 1. The van der Waals surface area contributed by atoms with Crippen molar-refractivity contribution in [3.63, 3.8) is 0 Å². The number of carbonyl (C=O) groups is 2. The minimum atomic E-state index is -0.813. The Morgan fingerprint density at radius 3 is 2.66 bits per heavy atom. The highest BCUT2D eigenvalue weighted by atomic mass is 16.4. The van der Waals surface area contributed by atoms with Crippen molar-refractivity contribution in [3.05, 3.63) is 59.7 Å². The highest BCUT2D eigenvalue weighted by molar-refractivity contribution is 5.84. The number of nitrogens with zero attached hydrogens (tertiary/aromatic N) is 4. The summed E-state index contributed by atoms with van der Waals surface area (Å²) in [5.74, 6) is -0.727.